The number of carbonyl (C=O) groups is 10. The Hall–Kier alpha value is -13.5. The number of hydrogen-bond acceptors (Lipinski definition) is 15. The number of aromatic nitrogens is 4. The van der Waals surface area contributed by atoms with E-state index in [4.69, 9.17) is 26.2 Å². The number of halogens is 11. The van der Waals surface area contributed by atoms with Gasteiger partial charge in [0, 0.05) is 79.9 Å². The first kappa shape index (κ1) is 80.2. The van der Waals surface area contributed by atoms with E-state index in [1.54, 1.807) is 38.2 Å². The number of rotatable bonds is 16. The minimum absolute atomic E-state index is 0.0298. The molecule has 0 aliphatic rings. The highest BCUT2D eigenvalue weighted by atomic mass is 19.4. The summed E-state index contributed by atoms with van der Waals surface area (Å²) in [4.78, 5) is 120. The number of nitriles is 4. The summed E-state index contributed by atoms with van der Waals surface area (Å²) >= 11 is 0. The molecule has 1 unspecified atom stereocenters. The molecule has 6 N–H and O–H groups in total. The lowest BCUT2D eigenvalue weighted by Crippen LogP contribution is -2.46. The lowest BCUT2D eigenvalue weighted by atomic mass is 10.1. The van der Waals surface area contributed by atoms with Crippen LogP contribution in [0.4, 0.5) is 71.0 Å². The third-order valence-corrected chi connectivity index (χ3v) is 15.0. The average Bonchev–Trinajstić information content (AvgIpc) is 1.64. The molecule has 4 aromatic carbocycles. The number of amides is 5. The Labute approximate surface area is 574 Å². The SMILES string of the molecule is CCOC(=O)C(=O)c1c(F)c(C(=O)Nc2ccc(F)c(C#N)c2)c(C)n1C.Cc1c(C(=O)Nc2ccc(F)c(C#N)c2)c(F)c(C(=O)C(=O)NC(C)C(F)(F)F)n1C.Cc1c(C(=O)Nc2ccc(F)c(C#N)c2)c(F)c(C(=O)C(=O)O)n1C.Cc1c(C(=O)Nc2ccc(F)c(C#N)c2)c(F)cn1C. The molecule has 0 saturated heterocycles. The van der Waals surface area contributed by atoms with Crippen LogP contribution >= 0.6 is 0 Å². The monoisotopic (exact) mass is 1440 g/mol. The molecule has 5 amide bonds. The number of nitrogens with one attached hydrogen (secondary N) is 5. The maximum absolute atomic E-state index is 14.9. The van der Waals surface area contributed by atoms with E-state index in [-0.39, 0.29) is 74.3 Å². The summed E-state index contributed by atoms with van der Waals surface area (Å²) in [6.07, 6.45) is -3.61. The number of ether oxygens (including phenoxy) is 1. The van der Waals surface area contributed by atoms with Gasteiger partial charge in [0.2, 0.25) is 0 Å². The summed E-state index contributed by atoms with van der Waals surface area (Å²) in [5.74, 6) is -20.3. The second-order valence-corrected chi connectivity index (χ2v) is 21.4. The number of aliphatic carboxylic acids is 1. The van der Waals surface area contributed by atoms with E-state index < -0.39 is 151 Å². The minimum atomic E-state index is -4.82. The van der Waals surface area contributed by atoms with Gasteiger partial charge in [-0.05, 0) is 114 Å². The summed E-state index contributed by atoms with van der Waals surface area (Å²) in [5.41, 5.74) is -4.34. The number of esters is 1. The van der Waals surface area contributed by atoms with E-state index in [0.717, 1.165) is 69.3 Å². The number of carbonyl (C=O) groups excluding carboxylic acids is 9. The zero-order valence-electron chi connectivity index (χ0n) is 55.0. The summed E-state index contributed by atoms with van der Waals surface area (Å²) in [6.45, 7) is 7.63. The van der Waals surface area contributed by atoms with Crippen LogP contribution in [0, 0.1) is 120 Å². The van der Waals surface area contributed by atoms with Crippen molar-refractivity contribution in [3.8, 4) is 24.3 Å². The normalized spacial score (nSPS) is 10.8. The number of ketones is 3. The lowest BCUT2D eigenvalue weighted by Gasteiger charge is -2.16. The molecule has 8 aromatic rings. The first-order valence-electron chi connectivity index (χ1n) is 28.9. The van der Waals surface area contributed by atoms with E-state index in [9.17, 15) is 96.2 Å². The third kappa shape index (κ3) is 18.1. The largest absolute Gasteiger partial charge is 0.475 e. The van der Waals surface area contributed by atoms with Gasteiger partial charge in [0.25, 0.3) is 46.9 Å². The maximum atomic E-state index is 14.9. The highest BCUT2D eigenvalue weighted by molar-refractivity contribution is 6.43. The molecular weight excluding hydrogens is 1390 g/mol. The quantitative estimate of drug-likeness (QED) is 0.0227. The first-order chi connectivity index (χ1) is 48.1. The maximum Gasteiger partial charge on any atom is 0.408 e. The van der Waals surface area contributed by atoms with Gasteiger partial charge in [0.15, 0.2) is 23.3 Å². The average molecular weight is 1440 g/mol. The second-order valence-electron chi connectivity index (χ2n) is 21.4. The van der Waals surface area contributed by atoms with E-state index in [2.05, 4.69) is 26.0 Å². The Kier molecular flexibility index (Phi) is 26.0. The number of anilines is 4. The predicted octanol–water partition coefficient (Wildman–Crippen LogP) is 10.2. The molecular formula is C67H52F11N13O12. The van der Waals surface area contributed by atoms with E-state index >= 15 is 0 Å². The van der Waals surface area contributed by atoms with Gasteiger partial charge in [-0.1, -0.05) is 0 Å². The van der Waals surface area contributed by atoms with Gasteiger partial charge in [0.05, 0.1) is 51.1 Å². The highest BCUT2D eigenvalue weighted by Crippen LogP contribution is 2.29. The fraction of sp³-hybridized carbons (Fsp3) is 0.194. The molecule has 0 radical (unpaired) electrons. The van der Waals surface area contributed by atoms with Gasteiger partial charge in [-0.2, -0.15) is 34.2 Å². The van der Waals surface area contributed by atoms with Crippen molar-refractivity contribution in [1.82, 2.24) is 23.6 Å². The van der Waals surface area contributed by atoms with Gasteiger partial charge in [0.1, 0.15) is 70.7 Å². The predicted molar refractivity (Wildman–Crippen MR) is 338 cm³/mol. The fourth-order valence-electron chi connectivity index (χ4n) is 9.16. The molecule has 4 aromatic heterocycles. The molecule has 8 rings (SSSR count). The number of carboxylic acids is 1. The van der Waals surface area contributed by atoms with Crippen LogP contribution in [0.1, 0.15) is 132 Å². The van der Waals surface area contributed by atoms with Crippen LogP contribution in [0.5, 0.6) is 0 Å². The number of nitrogens with zero attached hydrogens (tertiary/aromatic N) is 8. The molecule has 0 saturated carbocycles. The molecule has 0 aliphatic heterocycles. The molecule has 534 valence electrons. The summed E-state index contributed by atoms with van der Waals surface area (Å²) in [5, 5.41) is 54.6. The zero-order valence-corrected chi connectivity index (χ0v) is 55.0. The molecule has 0 fully saturated rings. The van der Waals surface area contributed by atoms with E-state index in [1.807, 2.05) is 0 Å². The van der Waals surface area contributed by atoms with Crippen LogP contribution in [-0.2, 0) is 47.3 Å². The van der Waals surface area contributed by atoms with Crippen LogP contribution in [-0.4, -0.2) is 101 Å². The molecule has 1 atom stereocenters. The smallest absolute Gasteiger partial charge is 0.408 e. The number of alkyl halides is 3. The molecule has 0 aliphatic carbocycles. The van der Waals surface area contributed by atoms with Crippen molar-refractivity contribution in [3.63, 3.8) is 0 Å². The summed E-state index contributed by atoms with van der Waals surface area (Å²) in [7, 11) is 5.35. The standard InChI is InChI=1S/C19H15F5N4O3.C18H15F2N3O4.C16H11F2N3O4.C14H11F2N3O/c1-8-13(17(30)27-11-4-5-12(20)10(6-11)7-25)14(21)15(28(8)3)16(29)18(31)26-9(2)19(22,23)24;1-4-27-18(26)16(24)15-14(20)13(9(2)23(15)3)17(25)22-11-5-6-12(19)10(7-11)8-21;1-7-11(12(18)13(21(7)2)14(22)16(24)25)15(23)20-9-3-4-10(17)8(5-9)6-19;1-8-13(12(16)7-19(8)2)14(20)18-10-3-4-11(15)9(5-10)6-17/h4-6,9H,1-3H3,(H,26,31)(H,27,30);5-7H,4H2,1-3H3,(H,22,25);3-5H,1-2H3,(H,20,23)(H,24,25);3-5,7H,1-2H3,(H,18,20). The van der Waals surface area contributed by atoms with Crippen molar-refractivity contribution >= 4 is 81.6 Å². The number of benzene rings is 4. The van der Waals surface area contributed by atoms with Crippen LogP contribution in [0.15, 0.2) is 79.0 Å². The summed E-state index contributed by atoms with van der Waals surface area (Å²) in [6, 6.07) is 17.2. The second kappa shape index (κ2) is 33.4. The van der Waals surface area contributed by atoms with Crippen LogP contribution in [0.2, 0.25) is 0 Å². The van der Waals surface area contributed by atoms with Crippen molar-refractivity contribution in [2.75, 3.05) is 27.9 Å². The number of Topliss-reactive ketones (excluding diaryl/α,β-unsaturated/α-hetero) is 3. The molecule has 0 bridgehead atoms. The van der Waals surface area contributed by atoms with Crippen LogP contribution < -0.4 is 26.6 Å². The van der Waals surface area contributed by atoms with E-state index in [0.29, 0.717) is 12.6 Å². The third-order valence-electron chi connectivity index (χ3n) is 15.0. The van der Waals surface area contributed by atoms with Crippen LogP contribution in [0.25, 0.3) is 0 Å². The number of aryl methyl sites for hydroxylation is 1. The van der Waals surface area contributed by atoms with Crippen molar-refractivity contribution < 1.29 is 106 Å². The Balaban J connectivity index is 0.000000250. The highest BCUT2D eigenvalue weighted by Gasteiger charge is 2.40. The van der Waals surface area contributed by atoms with E-state index in [1.165, 1.54) is 82.1 Å². The number of hydrogen-bond donors (Lipinski definition) is 6. The molecule has 25 nitrogen and oxygen atoms in total. The Morgan fingerprint density at radius 2 is 0.757 bits per heavy atom. The topological polar surface area (TPSA) is 375 Å². The van der Waals surface area contributed by atoms with Gasteiger partial charge in [-0.25, -0.2) is 44.7 Å². The number of carboxylic acid groups (broad SMARTS) is 1. The minimum Gasteiger partial charge on any atom is -0.475 e. The van der Waals surface area contributed by atoms with Gasteiger partial charge >= 0.3 is 18.1 Å². The van der Waals surface area contributed by atoms with Gasteiger partial charge < -0.3 is 54.7 Å². The Morgan fingerprint density at radius 1 is 0.466 bits per heavy atom. The molecule has 103 heavy (non-hydrogen) atoms. The van der Waals surface area contributed by atoms with Crippen molar-refractivity contribution in [1.29, 1.82) is 21.0 Å². The molecule has 4 heterocycles. The molecule has 36 heteroatoms. The lowest BCUT2D eigenvalue weighted by molar-refractivity contribution is -0.156. The Morgan fingerprint density at radius 3 is 1.02 bits per heavy atom. The van der Waals surface area contributed by atoms with Crippen LogP contribution in [0.3, 0.4) is 0 Å². The fourth-order valence-corrected chi connectivity index (χ4v) is 9.16. The van der Waals surface area contributed by atoms with Crippen molar-refractivity contribution in [2.24, 2.45) is 28.2 Å². The van der Waals surface area contributed by atoms with Gasteiger partial charge in [-0.3, -0.25) is 38.4 Å². The summed E-state index contributed by atoms with van der Waals surface area (Å²) < 4.78 is 158. The van der Waals surface area contributed by atoms with Crippen molar-refractivity contribution in [3.05, 3.63) is 210 Å². The zero-order chi connectivity index (χ0) is 77.7. The van der Waals surface area contributed by atoms with Gasteiger partial charge in [-0.15, -0.1) is 0 Å². The first-order valence-corrected chi connectivity index (χ1v) is 28.9. The molecule has 0 spiro atoms. The Bertz CT molecular complexity index is 5020. The van der Waals surface area contributed by atoms with Crippen molar-refractivity contribution in [2.45, 2.75) is 53.8 Å².